The van der Waals surface area contributed by atoms with Gasteiger partial charge < -0.3 is 0 Å². The minimum atomic E-state index is 0.931. The first-order valence-corrected chi connectivity index (χ1v) is 2.78. The van der Waals surface area contributed by atoms with Crippen molar-refractivity contribution in [2.45, 2.75) is 13.8 Å². The molecule has 9 heavy (non-hydrogen) atoms. The van der Waals surface area contributed by atoms with Crippen molar-refractivity contribution in [3.8, 4) is 0 Å². The summed E-state index contributed by atoms with van der Waals surface area (Å²) in [6.45, 7) is 7.26. The lowest BCUT2D eigenvalue weighted by atomic mass is 10.3. The first-order valence-electron chi connectivity index (χ1n) is 2.78. The van der Waals surface area contributed by atoms with Crippen LogP contribution in [-0.4, -0.2) is 20.0 Å². The molecule has 0 saturated heterocycles. The molecule has 0 aromatic heterocycles. The zero-order valence-corrected chi connectivity index (χ0v) is 6.18. The van der Waals surface area contributed by atoms with Crippen molar-refractivity contribution in [1.29, 1.82) is 0 Å². The molecule has 0 rings (SSSR count). The van der Waals surface area contributed by atoms with Crippen LogP contribution < -0.4 is 0 Å². The number of allylic oxidation sites excluding steroid dienone is 2. The van der Waals surface area contributed by atoms with Crippen LogP contribution in [0.15, 0.2) is 21.3 Å². The Balaban J connectivity index is 4.27. The van der Waals surface area contributed by atoms with Crippen LogP contribution in [0.1, 0.15) is 13.8 Å². The lowest BCUT2D eigenvalue weighted by Gasteiger charge is -1.92. The third-order valence-corrected chi connectivity index (χ3v) is 1.13. The number of aliphatic imine (C=N–C) groups is 2. The Bertz CT molecular complexity index is 154. The Morgan fingerprint density at radius 1 is 1.44 bits per heavy atom. The van der Waals surface area contributed by atoms with Crippen LogP contribution in [0.3, 0.4) is 0 Å². The fourth-order valence-electron chi connectivity index (χ4n) is 0.412. The highest BCUT2D eigenvalue weighted by atomic mass is 14.7. The molecule has 0 heterocycles. The summed E-state index contributed by atoms with van der Waals surface area (Å²) in [5.41, 5.74) is 1.99. The monoisotopic (exact) mass is 124 g/mol. The summed E-state index contributed by atoms with van der Waals surface area (Å²) in [5.74, 6) is 0. The fraction of sp³-hybridized carbons (Fsp3) is 0.429. The summed E-state index contributed by atoms with van der Waals surface area (Å²) < 4.78 is 0. The lowest BCUT2D eigenvalue weighted by molar-refractivity contribution is 1.27. The van der Waals surface area contributed by atoms with Crippen molar-refractivity contribution in [1.82, 2.24) is 0 Å². The van der Waals surface area contributed by atoms with Gasteiger partial charge in [0.15, 0.2) is 0 Å². The van der Waals surface area contributed by atoms with E-state index >= 15 is 0 Å². The summed E-state index contributed by atoms with van der Waals surface area (Å²) in [4.78, 5) is 7.58. The van der Waals surface area contributed by atoms with Gasteiger partial charge in [0.1, 0.15) is 0 Å². The maximum atomic E-state index is 3.83. The van der Waals surface area contributed by atoms with Gasteiger partial charge in [0.05, 0.1) is 0 Å². The average Bonchev–Trinajstić information content (AvgIpc) is 1.87. The van der Waals surface area contributed by atoms with E-state index in [0.29, 0.717) is 0 Å². The number of hydrogen-bond acceptors (Lipinski definition) is 2. The van der Waals surface area contributed by atoms with Crippen LogP contribution >= 0.6 is 0 Å². The lowest BCUT2D eigenvalue weighted by Crippen LogP contribution is -1.81. The molecule has 0 aliphatic rings. The molecule has 0 fully saturated rings. The van der Waals surface area contributed by atoms with E-state index in [0.717, 1.165) is 11.3 Å². The van der Waals surface area contributed by atoms with Crippen LogP contribution in [0.5, 0.6) is 0 Å². The smallest absolute Gasteiger partial charge is 0.0409 e. The van der Waals surface area contributed by atoms with E-state index < -0.39 is 0 Å². The zero-order valence-electron chi connectivity index (χ0n) is 6.18. The molecule has 0 aliphatic heterocycles. The molecule has 0 atom stereocenters. The predicted octanol–water partition coefficient (Wildman–Crippen LogP) is 1.68. The van der Waals surface area contributed by atoms with Gasteiger partial charge in [0.2, 0.25) is 0 Å². The Kier molecular flexibility index (Phi) is 3.60. The molecule has 2 heteroatoms. The summed E-state index contributed by atoms with van der Waals surface area (Å²) in [6, 6.07) is 0. The summed E-state index contributed by atoms with van der Waals surface area (Å²) in [7, 11) is 1.74. The molecular weight excluding hydrogens is 112 g/mol. The Labute approximate surface area is 56.0 Å². The van der Waals surface area contributed by atoms with E-state index in [2.05, 4.69) is 16.7 Å². The molecule has 0 aliphatic carbocycles. The van der Waals surface area contributed by atoms with Gasteiger partial charge in [-0.25, -0.2) is 0 Å². The van der Waals surface area contributed by atoms with E-state index in [4.69, 9.17) is 0 Å². The number of nitrogens with zero attached hydrogens (tertiary/aromatic N) is 2. The second kappa shape index (κ2) is 4.01. The van der Waals surface area contributed by atoms with Crippen LogP contribution in [-0.2, 0) is 0 Å². The first kappa shape index (κ1) is 8.08. The Morgan fingerprint density at radius 3 is 2.33 bits per heavy atom. The fourth-order valence-corrected chi connectivity index (χ4v) is 0.412. The summed E-state index contributed by atoms with van der Waals surface area (Å²) >= 11 is 0. The van der Waals surface area contributed by atoms with Crippen LogP contribution in [0, 0.1) is 0 Å². The second-order valence-electron chi connectivity index (χ2n) is 1.81. The van der Waals surface area contributed by atoms with Gasteiger partial charge in [-0.1, -0.05) is 0 Å². The van der Waals surface area contributed by atoms with E-state index in [1.807, 2.05) is 13.8 Å². The Hall–Kier alpha value is -0.920. The number of hydrogen-bond donors (Lipinski definition) is 0. The maximum absolute atomic E-state index is 3.83. The molecule has 0 aromatic rings. The molecule has 0 amide bonds. The van der Waals surface area contributed by atoms with Crippen LogP contribution in [0.4, 0.5) is 0 Å². The highest BCUT2D eigenvalue weighted by molar-refractivity contribution is 5.78. The molecule has 0 aromatic carbocycles. The summed E-state index contributed by atoms with van der Waals surface area (Å²) in [5, 5.41) is 0. The molecular formula is C7H12N2. The average molecular weight is 124 g/mol. The summed E-state index contributed by atoms with van der Waals surface area (Å²) in [6.07, 6.45) is 1.77. The minimum absolute atomic E-state index is 0.931. The third-order valence-electron chi connectivity index (χ3n) is 1.13. The normalized spacial score (nSPS) is 13.7. The molecule has 0 bridgehead atoms. The van der Waals surface area contributed by atoms with Crippen molar-refractivity contribution in [2.75, 3.05) is 7.05 Å². The molecule has 0 saturated carbocycles. The largest absolute Gasteiger partial charge is 0.296 e. The maximum Gasteiger partial charge on any atom is 0.0409 e. The van der Waals surface area contributed by atoms with E-state index in [9.17, 15) is 0 Å². The van der Waals surface area contributed by atoms with E-state index in [-0.39, 0.29) is 0 Å². The minimum Gasteiger partial charge on any atom is -0.296 e. The van der Waals surface area contributed by atoms with Crippen molar-refractivity contribution >= 4 is 12.9 Å². The van der Waals surface area contributed by atoms with Gasteiger partial charge in [-0.2, -0.15) is 0 Å². The molecule has 50 valence electrons. The highest BCUT2D eigenvalue weighted by Crippen LogP contribution is 1.99. The van der Waals surface area contributed by atoms with Crippen molar-refractivity contribution in [2.24, 2.45) is 9.98 Å². The highest BCUT2D eigenvalue weighted by Gasteiger charge is 1.86. The topological polar surface area (TPSA) is 24.7 Å². The number of rotatable bonds is 2. The first-order chi connectivity index (χ1) is 4.22. The van der Waals surface area contributed by atoms with Crippen molar-refractivity contribution in [3.63, 3.8) is 0 Å². The second-order valence-corrected chi connectivity index (χ2v) is 1.81. The molecule has 0 unspecified atom stereocenters. The van der Waals surface area contributed by atoms with Gasteiger partial charge in [-0.3, -0.25) is 9.98 Å². The third kappa shape index (κ3) is 2.80. The molecule has 0 radical (unpaired) electrons. The van der Waals surface area contributed by atoms with Gasteiger partial charge >= 0.3 is 0 Å². The van der Waals surface area contributed by atoms with Crippen LogP contribution in [0.2, 0.25) is 0 Å². The van der Waals surface area contributed by atoms with Crippen molar-refractivity contribution < 1.29 is 0 Å². The van der Waals surface area contributed by atoms with E-state index in [1.165, 1.54) is 0 Å². The predicted molar refractivity (Wildman–Crippen MR) is 42.3 cm³/mol. The molecule has 0 spiro atoms. The Morgan fingerprint density at radius 2 is 2.00 bits per heavy atom. The van der Waals surface area contributed by atoms with E-state index in [1.54, 1.807) is 13.3 Å². The SMILES string of the molecule is C=N/C(C)=C(C)\C=N/C. The molecule has 2 nitrogen and oxygen atoms in total. The van der Waals surface area contributed by atoms with Crippen molar-refractivity contribution in [3.05, 3.63) is 11.3 Å². The van der Waals surface area contributed by atoms with Gasteiger partial charge in [0, 0.05) is 19.0 Å². The molecule has 0 N–H and O–H groups in total. The van der Waals surface area contributed by atoms with Gasteiger partial charge in [-0.15, -0.1) is 0 Å². The standard InChI is InChI=1S/C7H12N2/c1-6(5-8-3)7(2)9-4/h5H,4H2,1-3H3/b7-6-,8-5-. The van der Waals surface area contributed by atoms with Crippen LogP contribution in [0.25, 0.3) is 0 Å². The van der Waals surface area contributed by atoms with Gasteiger partial charge in [0.25, 0.3) is 0 Å². The quantitative estimate of drug-likeness (QED) is 0.500. The van der Waals surface area contributed by atoms with Gasteiger partial charge in [-0.05, 0) is 26.1 Å². The zero-order chi connectivity index (χ0) is 7.28.